The Morgan fingerprint density at radius 1 is 1.17 bits per heavy atom. The lowest BCUT2D eigenvalue weighted by Crippen LogP contribution is -2.14. The summed E-state index contributed by atoms with van der Waals surface area (Å²) in [4.78, 5) is 15.9. The SMILES string of the molecule is COc1ccc2[nH]c3c(c(=O)c2c1)CCCCC3. The molecule has 1 aliphatic rings. The zero-order valence-corrected chi connectivity index (χ0v) is 10.6. The summed E-state index contributed by atoms with van der Waals surface area (Å²) < 4.78 is 5.19. The van der Waals surface area contributed by atoms with Crippen LogP contribution in [-0.2, 0) is 12.8 Å². The third-order valence-electron chi connectivity index (χ3n) is 3.75. The Bertz CT molecular complexity index is 643. The van der Waals surface area contributed by atoms with E-state index in [0.717, 1.165) is 47.2 Å². The minimum atomic E-state index is 0.180. The van der Waals surface area contributed by atoms with Gasteiger partial charge in [0.05, 0.1) is 7.11 Å². The minimum absolute atomic E-state index is 0.180. The first-order valence-corrected chi connectivity index (χ1v) is 6.51. The predicted molar refractivity (Wildman–Crippen MR) is 72.4 cm³/mol. The van der Waals surface area contributed by atoms with Gasteiger partial charge in [-0.25, -0.2) is 0 Å². The van der Waals surface area contributed by atoms with E-state index in [-0.39, 0.29) is 5.43 Å². The molecule has 0 radical (unpaired) electrons. The van der Waals surface area contributed by atoms with Crippen molar-refractivity contribution in [2.24, 2.45) is 0 Å². The molecule has 0 saturated carbocycles. The lowest BCUT2D eigenvalue weighted by molar-refractivity contribution is 0.415. The second-order valence-electron chi connectivity index (χ2n) is 4.88. The zero-order chi connectivity index (χ0) is 12.5. The molecule has 0 unspecified atom stereocenters. The average Bonchev–Trinajstić information content (AvgIpc) is 2.64. The van der Waals surface area contributed by atoms with E-state index in [9.17, 15) is 4.79 Å². The molecule has 0 saturated heterocycles. The summed E-state index contributed by atoms with van der Waals surface area (Å²) in [6.07, 6.45) is 5.39. The molecule has 0 atom stereocenters. The van der Waals surface area contributed by atoms with Gasteiger partial charge in [-0.15, -0.1) is 0 Å². The Labute approximate surface area is 106 Å². The molecule has 1 aromatic carbocycles. The van der Waals surface area contributed by atoms with Crippen LogP contribution in [0.4, 0.5) is 0 Å². The molecule has 2 aromatic rings. The Morgan fingerprint density at radius 3 is 2.83 bits per heavy atom. The maximum atomic E-state index is 12.5. The lowest BCUT2D eigenvalue weighted by Gasteiger charge is -2.09. The number of aryl methyl sites for hydroxylation is 1. The van der Waals surface area contributed by atoms with Gasteiger partial charge in [-0.3, -0.25) is 4.79 Å². The number of hydrogen-bond donors (Lipinski definition) is 1. The summed E-state index contributed by atoms with van der Waals surface area (Å²) in [6.45, 7) is 0. The third-order valence-corrected chi connectivity index (χ3v) is 3.75. The smallest absolute Gasteiger partial charge is 0.192 e. The summed E-state index contributed by atoms with van der Waals surface area (Å²) in [7, 11) is 1.62. The monoisotopic (exact) mass is 243 g/mol. The van der Waals surface area contributed by atoms with E-state index < -0.39 is 0 Å². The maximum absolute atomic E-state index is 12.5. The molecule has 18 heavy (non-hydrogen) atoms. The van der Waals surface area contributed by atoms with Gasteiger partial charge in [-0.05, 0) is 43.9 Å². The van der Waals surface area contributed by atoms with Crippen LogP contribution in [-0.4, -0.2) is 12.1 Å². The first-order chi connectivity index (χ1) is 8.79. The summed E-state index contributed by atoms with van der Waals surface area (Å²) >= 11 is 0. The van der Waals surface area contributed by atoms with Crippen molar-refractivity contribution < 1.29 is 4.74 Å². The van der Waals surface area contributed by atoms with Gasteiger partial charge in [0.15, 0.2) is 5.43 Å². The van der Waals surface area contributed by atoms with Crippen molar-refractivity contribution >= 4 is 10.9 Å². The number of fused-ring (bicyclic) bond motifs is 2. The highest BCUT2D eigenvalue weighted by atomic mass is 16.5. The molecule has 1 aromatic heterocycles. The molecule has 94 valence electrons. The Kier molecular flexibility index (Phi) is 2.82. The minimum Gasteiger partial charge on any atom is -0.497 e. The number of aromatic amines is 1. The van der Waals surface area contributed by atoms with Crippen LogP contribution in [0.3, 0.4) is 0 Å². The van der Waals surface area contributed by atoms with E-state index in [1.807, 2.05) is 18.2 Å². The highest BCUT2D eigenvalue weighted by Gasteiger charge is 2.14. The summed E-state index contributed by atoms with van der Waals surface area (Å²) in [5.41, 5.74) is 3.21. The molecule has 1 aliphatic carbocycles. The second-order valence-corrected chi connectivity index (χ2v) is 4.88. The highest BCUT2D eigenvalue weighted by molar-refractivity contribution is 5.81. The van der Waals surface area contributed by atoms with Crippen LogP contribution >= 0.6 is 0 Å². The zero-order valence-electron chi connectivity index (χ0n) is 10.6. The van der Waals surface area contributed by atoms with Gasteiger partial charge in [-0.1, -0.05) is 6.42 Å². The number of benzene rings is 1. The summed E-state index contributed by atoms with van der Waals surface area (Å²) in [5.74, 6) is 0.738. The van der Waals surface area contributed by atoms with Crippen LogP contribution in [0.1, 0.15) is 30.5 Å². The number of hydrogen-bond acceptors (Lipinski definition) is 2. The lowest BCUT2D eigenvalue weighted by atomic mass is 10.0. The Hall–Kier alpha value is -1.77. The van der Waals surface area contributed by atoms with Crippen molar-refractivity contribution in [3.63, 3.8) is 0 Å². The van der Waals surface area contributed by atoms with E-state index in [2.05, 4.69) is 4.98 Å². The van der Waals surface area contributed by atoms with Crippen molar-refractivity contribution in [1.29, 1.82) is 0 Å². The standard InChI is InChI=1S/C15H17NO2/c1-18-10-7-8-14-12(9-10)15(17)11-5-3-2-4-6-13(11)16-14/h7-9H,2-6H2,1H3,(H,16,17). The number of methoxy groups -OCH3 is 1. The fourth-order valence-electron chi connectivity index (χ4n) is 2.74. The topological polar surface area (TPSA) is 42.1 Å². The molecule has 0 fully saturated rings. The second kappa shape index (κ2) is 4.48. The van der Waals surface area contributed by atoms with Gasteiger partial charge in [0.25, 0.3) is 0 Å². The van der Waals surface area contributed by atoms with E-state index >= 15 is 0 Å². The van der Waals surface area contributed by atoms with E-state index in [4.69, 9.17) is 4.74 Å². The third kappa shape index (κ3) is 1.80. The first kappa shape index (κ1) is 11.3. The normalized spacial score (nSPS) is 15.2. The molecular formula is C15H17NO2. The molecule has 0 bridgehead atoms. The molecule has 0 aliphatic heterocycles. The van der Waals surface area contributed by atoms with Crippen molar-refractivity contribution in [2.75, 3.05) is 7.11 Å². The van der Waals surface area contributed by atoms with E-state index in [1.165, 1.54) is 12.8 Å². The average molecular weight is 243 g/mol. The number of H-pyrrole nitrogens is 1. The van der Waals surface area contributed by atoms with Gasteiger partial charge >= 0.3 is 0 Å². The molecule has 0 amide bonds. The van der Waals surface area contributed by atoms with Crippen molar-refractivity contribution in [3.05, 3.63) is 39.7 Å². The van der Waals surface area contributed by atoms with Gasteiger partial charge < -0.3 is 9.72 Å². The Morgan fingerprint density at radius 2 is 2.00 bits per heavy atom. The van der Waals surface area contributed by atoms with Gasteiger partial charge in [0.2, 0.25) is 0 Å². The van der Waals surface area contributed by atoms with Gasteiger partial charge in [0.1, 0.15) is 5.75 Å². The number of rotatable bonds is 1. The van der Waals surface area contributed by atoms with Crippen LogP contribution in [0.15, 0.2) is 23.0 Å². The molecule has 0 spiro atoms. The summed E-state index contributed by atoms with van der Waals surface area (Å²) in [5, 5.41) is 0.745. The fraction of sp³-hybridized carbons (Fsp3) is 0.400. The number of pyridine rings is 1. The number of ether oxygens (including phenoxy) is 1. The fourth-order valence-corrected chi connectivity index (χ4v) is 2.74. The maximum Gasteiger partial charge on any atom is 0.192 e. The van der Waals surface area contributed by atoms with Crippen molar-refractivity contribution in [1.82, 2.24) is 4.98 Å². The largest absolute Gasteiger partial charge is 0.497 e. The molecule has 3 nitrogen and oxygen atoms in total. The quantitative estimate of drug-likeness (QED) is 0.782. The van der Waals surface area contributed by atoms with Crippen LogP contribution in [0.5, 0.6) is 5.75 Å². The number of aromatic nitrogens is 1. The summed E-state index contributed by atoms with van der Waals surface area (Å²) in [6, 6.07) is 5.65. The molecule has 1 heterocycles. The van der Waals surface area contributed by atoms with E-state index in [0.29, 0.717) is 0 Å². The van der Waals surface area contributed by atoms with Gasteiger partial charge in [0, 0.05) is 22.2 Å². The molecule has 3 heteroatoms. The van der Waals surface area contributed by atoms with E-state index in [1.54, 1.807) is 7.11 Å². The Balaban J connectivity index is 2.28. The highest BCUT2D eigenvalue weighted by Crippen LogP contribution is 2.22. The first-order valence-electron chi connectivity index (χ1n) is 6.51. The molecule has 3 rings (SSSR count). The molecule has 1 N–H and O–H groups in total. The number of nitrogens with one attached hydrogen (secondary N) is 1. The van der Waals surface area contributed by atoms with Crippen molar-refractivity contribution in [3.8, 4) is 5.75 Å². The van der Waals surface area contributed by atoms with Gasteiger partial charge in [-0.2, -0.15) is 0 Å². The van der Waals surface area contributed by atoms with Crippen LogP contribution < -0.4 is 10.2 Å². The van der Waals surface area contributed by atoms with Crippen LogP contribution in [0.25, 0.3) is 10.9 Å². The molecular weight excluding hydrogens is 226 g/mol. The van der Waals surface area contributed by atoms with Crippen LogP contribution in [0.2, 0.25) is 0 Å². The van der Waals surface area contributed by atoms with Crippen LogP contribution in [0, 0.1) is 0 Å². The predicted octanol–water partition coefficient (Wildman–Crippen LogP) is 2.81. The van der Waals surface area contributed by atoms with Crippen molar-refractivity contribution in [2.45, 2.75) is 32.1 Å².